The molecule has 0 saturated heterocycles. The molecular weight excluding hydrogens is 302 g/mol. The Balaban J connectivity index is 2.64. The van der Waals surface area contributed by atoms with Crippen LogP contribution in [0.15, 0.2) is 18.2 Å². The Labute approximate surface area is 125 Å². The van der Waals surface area contributed by atoms with Gasteiger partial charge in [-0.25, -0.2) is 0 Å². The highest BCUT2D eigenvalue weighted by molar-refractivity contribution is 6.31. The first kappa shape index (κ1) is 16.9. The molecule has 0 aliphatic carbocycles. The second-order valence-electron chi connectivity index (χ2n) is 3.94. The fraction of sp³-hybridized carbons (Fsp3) is 0.333. The number of nitrogens with one attached hydrogen (secondary N) is 2. The number of methoxy groups -OCH3 is 1. The van der Waals surface area contributed by atoms with Gasteiger partial charge < -0.3 is 15.4 Å². The quantitative estimate of drug-likeness (QED) is 0.438. The van der Waals surface area contributed by atoms with Crippen LogP contribution in [-0.4, -0.2) is 43.5 Å². The molecule has 1 aromatic carbocycles. The molecule has 1 aromatic rings. The molecule has 0 heterocycles. The topological polar surface area (TPSA) is 111 Å². The van der Waals surface area contributed by atoms with Crippen LogP contribution in [0, 0.1) is 10.1 Å². The van der Waals surface area contributed by atoms with Crippen LogP contribution >= 0.6 is 11.6 Å². The van der Waals surface area contributed by atoms with Crippen molar-refractivity contribution >= 4 is 29.1 Å². The van der Waals surface area contributed by atoms with Crippen LogP contribution in [0.3, 0.4) is 0 Å². The summed E-state index contributed by atoms with van der Waals surface area (Å²) in [5.74, 6) is -1.14. The van der Waals surface area contributed by atoms with Crippen molar-refractivity contribution < 1.29 is 19.2 Å². The number of nitro groups is 1. The van der Waals surface area contributed by atoms with Crippen molar-refractivity contribution in [2.75, 3.05) is 26.8 Å². The Hall–Kier alpha value is -2.19. The lowest BCUT2D eigenvalue weighted by atomic mass is 10.1. The number of ether oxygens (including phenoxy) is 1. The fourth-order valence-corrected chi connectivity index (χ4v) is 1.62. The lowest BCUT2D eigenvalue weighted by Crippen LogP contribution is -2.38. The van der Waals surface area contributed by atoms with E-state index in [1.807, 2.05) is 0 Å². The molecule has 0 fully saturated rings. The first-order valence-corrected chi connectivity index (χ1v) is 6.31. The van der Waals surface area contributed by atoms with Crippen LogP contribution < -0.4 is 10.6 Å². The highest BCUT2D eigenvalue weighted by Crippen LogP contribution is 2.22. The number of carbonyl (C=O) groups is 2. The number of nitro benzene ring substituents is 1. The zero-order chi connectivity index (χ0) is 15.8. The van der Waals surface area contributed by atoms with Gasteiger partial charge in [-0.2, -0.15) is 0 Å². The van der Waals surface area contributed by atoms with Crippen molar-refractivity contribution in [1.82, 2.24) is 10.6 Å². The number of nitrogens with zero attached hydrogens (tertiary/aromatic N) is 1. The summed E-state index contributed by atoms with van der Waals surface area (Å²) < 4.78 is 4.75. The van der Waals surface area contributed by atoms with Crippen LogP contribution in [0.2, 0.25) is 5.02 Å². The molecule has 9 heteroatoms. The second-order valence-corrected chi connectivity index (χ2v) is 4.38. The van der Waals surface area contributed by atoms with E-state index in [1.165, 1.54) is 19.2 Å². The first-order valence-electron chi connectivity index (χ1n) is 5.93. The molecule has 8 nitrogen and oxygen atoms in total. The number of halogens is 1. The van der Waals surface area contributed by atoms with Crippen molar-refractivity contribution in [3.63, 3.8) is 0 Å². The summed E-state index contributed by atoms with van der Waals surface area (Å²) >= 11 is 5.65. The Morgan fingerprint density at radius 2 is 2.10 bits per heavy atom. The van der Waals surface area contributed by atoms with Crippen molar-refractivity contribution in [3.05, 3.63) is 38.9 Å². The minimum Gasteiger partial charge on any atom is -0.383 e. The van der Waals surface area contributed by atoms with E-state index in [0.717, 1.165) is 6.07 Å². The van der Waals surface area contributed by atoms with Gasteiger partial charge in [-0.05, 0) is 12.1 Å². The van der Waals surface area contributed by atoms with Gasteiger partial charge in [0.25, 0.3) is 11.6 Å². The number of amides is 2. The van der Waals surface area contributed by atoms with Crippen molar-refractivity contribution in [2.45, 2.75) is 0 Å². The SMILES string of the molecule is COCCNC(=O)CNC(=O)c1ccc(Cl)cc1[N+](=O)[O-]. The van der Waals surface area contributed by atoms with Gasteiger partial charge in [0.15, 0.2) is 0 Å². The summed E-state index contributed by atoms with van der Waals surface area (Å²) in [6, 6.07) is 3.68. The number of hydrogen-bond donors (Lipinski definition) is 2. The predicted octanol–water partition coefficient (Wildman–Crippen LogP) is 0.741. The van der Waals surface area contributed by atoms with Gasteiger partial charge in [0, 0.05) is 24.7 Å². The molecule has 2 N–H and O–H groups in total. The predicted molar refractivity (Wildman–Crippen MR) is 75.3 cm³/mol. The summed E-state index contributed by atoms with van der Waals surface area (Å²) in [4.78, 5) is 33.4. The Kier molecular flexibility index (Phi) is 6.57. The molecule has 114 valence electrons. The average Bonchev–Trinajstić information content (AvgIpc) is 2.44. The molecule has 0 spiro atoms. The Bertz CT molecular complexity index is 550. The number of benzene rings is 1. The van der Waals surface area contributed by atoms with E-state index in [4.69, 9.17) is 16.3 Å². The monoisotopic (exact) mass is 315 g/mol. The molecule has 0 aliphatic heterocycles. The maximum absolute atomic E-state index is 11.9. The molecule has 0 aliphatic rings. The molecule has 0 unspecified atom stereocenters. The molecule has 2 amide bonds. The van der Waals surface area contributed by atoms with E-state index in [2.05, 4.69) is 10.6 Å². The highest BCUT2D eigenvalue weighted by Gasteiger charge is 2.20. The van der Waals surface area contributed by atoms with E-state index in [-0.39, 0.29) is 17.1 Å². The maximum atomic E-state index is 11.9. The zero-order valence-corrected chi connectivity index (χ0v) is 12.0. The van der Waals surface area contributed by atoms with Gasteiger partial charge >= 0.3 is 0 Å². The van der Waals surface area contributed by atoms with E-state index < -0.39 is 22.4 Å². The number of carbonyl (C=O) groups excluding carboxylic acids is 2. The lowest BCUT2D eigenvalue weighted by Gasteiger charge is -2.07. The molecule has 0 aromatic heterocycles. The summed E-state index contributed by atoms with van der Waals surface area (Å²) in [7, 11) is 1.49. The third-order valence-corrected chi connectivity index (χ3v) is 2.67. The fourth-order valence-electron chi connectivity index (χ4n) is 1.46. The summed E-state index contributed by atoms with van der Waals surface area (Å²) in [6.45, 7) is 0.372. The molecule has 0 saturated carbocycles. The zero-order valence-electron chi connectivity index (χ0n) is 11.2. The molecule has 0 atom stereocenters. The van der Waals surface area contributed by atoms with E-state index >= 15 is 0 Å². The van der Waals surface area contributed by atoms with Crippen molar-refractivity contribution in [2.24, 2.45) is 0 Å². The van der Waals surface area contributed by atoms with Crippen LogP contribution in [0.25, 0.3) is 0 Å². The van der Waals surface area contributed by atoms with Gasteiger partial charge in [-0.1, -0.05) is 11.6 Å². The van der Waals surface area contributed by atoms with E-state index in [0.29, 0.717) is 13.2 Å². The average molecular weight is 316 g/mol. The van der Waals surface area contributed by atoms with Gasteiger partial charge in [-0.3, -0.25) is 19.7 Å². The highest BCUT2D eigenvalue weighted by atomic mass is 35.5. The molecule has 21 heavy (non-hydrogen) atoms. The van der Waals surface area contributed by atoms with E-state index in [9.17, 15) is 19.7 Å². The molecule has 0 radical (unpaired) electrons. The molecular formula is C12H14ClN3O5. The Morgan fingerprint density at radius 3 is 2.71 bits per heavy atom. The van der Waals surface area contributed by atoms with Gasteiger partial charge in [0.1, 0.15) is 5.56 Å². The molecule has 1 rings (SSSR count). The van der Waals surface area contributed by atoms with Crippen molar-refractivity contribution in [1.29, 1.82) is 0 Å². The number of hydrogen-bond acceptors (Lipinski definition) is 5. The standard InChI is InChI=1S/C12H14ClN3O5/c1-21-5-4-14-11(17)7-15-12(18)9-3-2-8(13)6-10(9)16(19)20/h2-3,6H,4-5,7H2,1H3,(H,14,17)(H,15,18). The maximum Gasteiger partial charge on any atom is 0.283 e. The normalized spacial score (nSPS) is 10.0. The van der Waals surface area contributed by atoms with Crippen LogP contribution in [0.5, 0.6) is 0 Å². The third kappa shape index (κ3) is 5.36. The first-order chi connectivity index (χ1) is 9.95. The summed E-state index contributed by atoms with van der Waals surface area (Å²) in [6.07, 6.45) is 0. The molecule has 0 bridgehead atoms. The Morgan fingerprint density at radius 1 is 1.38 bits per heavy atom. The van der Waals surface area contributed by atoms with Crippen molar-refractivity contribution in [3.8, 4) is 0 Å². The minimum absolute atomic E-state index is 0.149. The van der Waals surface area contributed by atoms with Crippen LogP contribution in [0.4, 0.5) is 5.69 Å². The van der Waals surface area contributed by atoms with E-state index in [1.54, 1.807) is 0 Å². The van der Waals surface area contributed by atoms with Gasteiger partial charge in [0.2, 0.25) is 5.91 Å². The van der Waals surface area contributed by atoms with Crippen LogP contribution in [-0.2, 0) is 9.53 Å². The van der Waals surface area contributed by atoms with Gasteiger partial charge in [0.05, 0.1) is 18.1 Å². The van der Waals surface area contributed by atoms with Gasteiger partial charge in [-0.15, -0.1) is 0 Å². The summed E-state index contributed by atoms with van der Waals surface area (Å²) in [5, 5.41) is 15.8. The largest absolute Gasteiger partial charge is 0.383 e. The second kappa shape index (κ2) is 8.18. The smallest absolute Gasteiger partial charge is 0.283 e. The summed E-state index contributed by atoms with van der Waals surface area (Å²) in [5.41, 5.74) is -0.575. The minimum atomic E-state index is -0.722. The number of rotatable bonds is 7. The lowest BCUT2D eigenvalue weighted by molar-refractivity contribution is -0.385. The third-order valence-electron chi connectivity index (χ3n) is 2.44. The van der Waals surface area contributed by atoms with Crippen LogP contribution in [0.1, 0.15) is 10.4 Å².